The fraction of sp³-hybridized carbons (Fsp3) is 0.345. The number of rotatable bonds is 3. The van der Waals surface area contributed by atoms with Gasteiger partial charge in [-0.3, -0.25) is 4.90 Å². The average molecular weight is 492 g/mol. The van der Waals surface area contributed by atoms with Crippen LogP contribution < -0.4 is 4.90 Å². The topological polar surface area (TPSA) is 19.4 Å². The molecule has 1 aromatic heterocycles. The summed E-state index contributed by atoms with van der Waals surface area (Å²) in [7, 11) is 0. The van der Waals surface area contributed by atoms with Crippen LogP contribution in [0.5, 0.6) is 0 Å². The zero-order valence-corrected chi connectivity index (χ0v) is 21.6. The molecule has 0 unspecified atom stereocenters. The van der Waals surface area contributed by atoms with Gasteiger partial charge in [0, 0.05) is 29.3 Å². The maximum absolute atomic E-state index is 6.65. The summed E-state index contributed by atoms with van der Waals surface area (Å²) in [4.78, 5) is 10.0. The van der Waals surface area contributed by atoms with Crippen molar-refractivity contribution in [3.8, 4) is 11.1 Å². The molecule has 176 valence electrons. The Bertz CT molecular complexity index is 1190. The number of anilines is 2. The first-order valence-electron chi connectivity index (χ1n) is 12.1. The second-order valence-electron chi connectivity index (χ2n) is 10.2. The number of nitrogens with zero attached hydrogens (tertiary/aromatic N) is 3. The van der Waals surface area contributed by atoms with Crippen molar-refractivity contribution in [1.29, 1.82) is 0 Å². The van der Waals surface area contributed by atoms with E-state index < -0.39 is 0 Å². The molecule has 0 bridgehead atoms. The fourth-order valence-electron chi connectivity index (χ4n) is 5.15. The number of hydrogen-bond acceptors (Lipinski definition) is 3. The van der Waals surface area contributed by atoms with E-state index in [9.17, 15) is 0 Å². The van der Waals surface area contributed by atoms with Crippen molar-refractivity contribution in [2.75, 3.05) is 24.5 Å². The van der Waals surface area contributed by atoms with Gasteiger partial charge in [0.1, 0.15) is 5.82 Å². The van der Waals surface area contributed by atoms with Crippen molar-refractivity contribution in [2.24, 2.45) is 0 Å². The van der Waals surface area contributed by atoms with Gasteiger partial charge in [-0.2, -0.15) is 0 Å². The fourth-order valence-corrected chi connectivity index (χ4v) is 5.75. The molecule has 0 saturated carbocycles. The van der Waals surface area contributed by atoms with Gasteiger partial charge in [-0.25, -0.2) is 4.98 Å². The number of benzene rings is 2. The summed E-state index contributed by atoms with van der Waals surface area (Å²) in [6, 6.07) is 18.6. The summed E-state index contributed by atoms with van der Waals surface area (Å²) < 4.78 is 0. The van der Waals surface area contributed by atoms with Crippen molar-refractivity contribution in [2.45, 2.75) is 45.1 Å². The van der Waals surface area contributed by atoms with Crippen LogP contribution in [-0.2, 0) is 0 Å². The van der Waals surface area contributed by atoms with E-state index in [4.69, 9.17) is 28.2 Å². The van der Waals surface area contributed by atoms with Crippen molar-refractivity contribution >= 4 is 40.8 Å². The highest BCUT2D eigenvalue weighted by molar-refractivity contribution is 6.39. The molecule has 2 aliphatic heterocycles. The molecular formula is C29H31Cl2N3. The molecule has 3 heterocycles. The Morgan fingerprint density at radius 2 is 1.59 bits per heavy atom. The quantitative estimate of drug-likeness (QED) is 0.367. The van der Waals surface area contributed by atoms with Gasteiger partial charge in [0.15, 0.2) is 0 Å². The summed E-state index contributed by atoms with van der Waals surface area (Å²) in [6.45, 7) is 9.77. The highest BCUT2D eigenvalue weighted by Gasteiger charge is 2.30. The molecule has 0 amide bonds. The van der Waals surface area contributed by atoms with E-state index in [0.717, 1.165) is 48.7 Å². The van der Waals surface area contributed by atoms with Crippen molar-refractivity contribution in [1.82, 2.24) is 9.88 Å². The van der Waals surface area contributed by atoms with E-state index >= 15 is 0 Å². The van der Waals surface area contributed by atoms with E-state index in [0.29, 0.717) is 22.5 Å². The second-order valence-corrected chi connectivity index (χ2v) is 11.0. The number of likely N-dealkylation sites (tertiary alicyclic amines) is 1. The van der Waals surface area contributed by atoms with Gasteiger partial charge in [-0.1, -0.05) is 71.8 Å². The molecule has 5 heteroatoms. The molecule has 3 aromatic rings. The molecule has 2 aliphatic rings. The molecule has 0 atom stereocenters. The molecule has 0 radical (unpaired) electrons. The van der Waals surface area contributed by atoms with Crippen LogP contribution in [0.3, 0.4) is 0 Å². The van der Waals surface area contributed by atoms with Crippen LogP contribution in [0.4, 0.5) is 11.5 Å². The number of fused-ring (bicyclic) bond motifs is 1. The van der Waals surface area contributed by atoms with Gasteiger partial charge < -0.3 is 4.90 Å². The van der Waals surface area contributed by atoms with Crippen LogP contribution in [0.25, 0.3) is 17.2 Å². The number of hydrogen-bond donors (Lipinski definition) is 0. The lowest BCUT2D eigenvalue weighted by Gasteiger charge is -2.41. The Morgan fingerprint density at radius 1 is 0.912 bits per heavy atom. The van der Waals surface area contributed by atoms with E-state index in [1.54, 1.807) is 0 Å². The molecule has 5 rings (SSSR count). The number of halogens is 2. The summed E-state index contributed by atoms with van der Waals surface area (Å²) in [5, 5.41) is 1.28. The van der Waals surface area contributed by atoms with Gasteiger partial charge in [-0.05, 0) is 76.0 Å². The lowest BCUT2D eigenvalue weighted by molar-refractivity contribution is 0.102. The number of para-hydroxylation sites is 1. The SMILES string of the molecule is CC(C)(C)N1CCC(c2cc(-c3ccccc3)c3c(n2)N(c2c(Cl)cccc2Cl)CC=C3)CC1. The van der Waals surface area contributed by atoms with Gasteiger partial charge in [0.25, 0.3) is 0 Å². The maximum atomic E-state index is 6.65. The summed E-state index contributed by atoms with van der Waals surface area (Å²) in [5.74, 6) is 1.37. The highest BCUT2D eigenvalue weighted by atomic mass is 35.5. The largest absolute Gasteiger partial charge is 0.319 e. The number of pyridine rings is 1. The molecule has 0 N–H and O–H groups in total. The zero-order chi connectivity index (χ0) is 23.9. The first-order chi connectivity index (χ1) is 16.3. The normalized spacial score (nSPS) is 17.1. The van der Waals surface area contributed by atoms with Crippen molar-refractivity contribution in [3.63, 3.8) is 0 Å². The smallest absolute Gasteiger partial charge is 0.141 e. The Labute approximate surface area is 213 Å². The third-order valence-electron chi connectivity index (χ3n) is 7.04. The van der Waals surface area contributed by atoms with Crippen LogP contribution in [0, 0.1) is 0 Å². The average Bonchev–Trinajstić information content (AvgIpc) is 2.83. The molecule has 1 fully saturated rings. The van der Waals surface area contributed by atoms with Crippen LogP contribution in [0.15, 0.2) is 60.7 Å². The third kappa shape index (κ3) is 4.49. The van der Waals surface area contributed by atoms with Crippen molar-refractivity contribution < 1.29 is 0 Å². The minimum absolute atomic E-state index is 0.200. The molecule has 0 spiro atoms. The molecule has 34 heavy (non-hydrogen) atoms. The minimum atomic E-state index is 0.200. The maximum Gasteiger partial charge on any atom is 0.141 e. The van der Waals surface area contributed by atoms with Gasteiger partial charge in [0.2, 0.25) is 0 Å². The minimum Gasteiger partial charge on any atom is -0.319 e. The third-order valence-corrected chi connectivity index (χ3v) is 7.65. The summed E-state index contributed by atoms with van der Waals surface area (Å²) in [5.41, 5.74) is 5.71. The molecule has 2 aromatic carbocycles. The van der Waals surface area contributed by atoms with E-state index in [2.05, 4.69) is 79.1 Å². The summed E-state index contributed by atoms with van der Waals surface area (Å²) in [6.07, 6.45) is 6.58. The van der Waals surface area contributed by atoms with Gasteiger partial charge in [0.05, 0.1) is 15.7 Å². The predicted molar refractivity (Wildman–Crippen MR) is 145 cm³/mol. The second kappa shape index (κ2) is 9.37. The predicted octanol–water partition coefficient (Wildman–Crippen LogP) is 8.20. The lowest BCUT2D eigenvalue weighted by atomic mass is 9.88. The molecule has 0 aliphatic carbocycles. The standard InChI is InChI=1S/C29H31Cl2N3/c1-29(2,3)33-17-14-21(15-18-33)26-19-23(20-9-5-4-6-10-20)22-11-8-16-34(28(22)32-26)27-24(30)12-7-13-25(27)31/h4-13,19,21H,14-18H2,1-3H3. The molecular weight excluding hydrogens is 461 g/mol. The van der Waals surface area contributed by atoms with Crippen LogP contribution >= 0.6 is 23.2 Å². The zero-order valence-electron chi connectivity index (χ0n) is 20.1. The molecule has 3 nitrogen and oxygen atoms in total. The van der Waals surface area contributed by atoms with Crippen LogP contribution in [-0.4, -0.2) is 35.1 Å². The Hall–Kier alpha value is -2.33. The Morgan fingerprint density at radius 3 is 2.24 bits per heavy atom. The van der Waals surface area contributed by atoms with E-state index in [1.165, 1.54) is 11.1 Å². The first kappa shape index (κ1) is 23.4. The van der Waals surface area contributed by atoms with Gasteiger partial charge >= 0.3 is 0 Å². The molecule has 1 saturated heterocycles. The highest BCUT2D eigenvalue weighted by Crippen LogP contribution is 2.44. The lowest BCUT2D eigenvalue weighted by Crippen LogP contribution is -2.45. The van der Waals surface area contributed by atoms with Crippen LogP contribution in [0.1, 0.15) is 50.8 Å². The van der Waals surface area contributed by atoms with E-state index in [-0.39, 0.29) is 5.54 Å². The number of aromatic nitrogens is 1. The summed E-state index contributed by atoms with van der Waals surface area (Å²) >= 11 is 13.3. The Balaban J connectivity index is 1.62. The van der Waals surface area contributed by atoms with Crippen molar-refractivity contribution in [3.05, 3.63) is 82.0 Å². The first-order valence-corrected chi connectivity index (χ1v) is 12.8. The van der Waals surface area contributed by atoms with Gasteiger partial charge in [-0.15, -0.1) is 0 Å². The monoisotopic (exact) mass is 491 g/mol. The number of piperidine rings is 1. The van der Waals surface area contributed by atoms with Crippen LogP contribution in [0.2, 0.25) is 10.0 Å². The Kier molecular flexibility index (Phi) is 6.45. The van der Waals surface area contributed by atoms with E-state index in [1.807, 2.05) is 18.2 Å².